The van der Waals surface area contributed by atoms with Crippen LogP contribution in [-0.2, 0) is 4.79 Å². The highest BCUT2D eigenvalue weighted by Crippen LogP contribution is 2.36. The molecule has 0 radical (unpaired) electrons. The van der Waals surface area contributed by atoms with Gasteiger partial charge in [0.15, 0.2) is 11.5 Å². The molecule has 6 nitrogen and oxygen atoms in total. The SMILES string of the molecule is COc1cc(NC(=O)/C=C/c2ccc(OC(F)F)c(OC)c2)c(OC)cc1Cl. The van der Waals surface area contributed by atoms with Crippen LogP contribution in [0.5, 0.6) is 23.0 Å². The van der Waals surface area contributed by atoms with E-state index in [-0.39, 0.29) is 11.5 Å². The van der Waals surface area contributed by atoms with Crippen LogP contribution < -0.4 is 24.3 Å². The van der Waals surface area contributed by atoms with E-state index in [1.807, 2.05) is 0 Å². The van der Waals surface area contributed by atoms with Gasteiger partial charge in [-0.05, 0) is 23.8 Å². The second-order valence-corrected chi connectivity index (χ2v) is 5.71. The molecule has 0 atom stereocenters. The molecule has 0 saturated heterocycles. The Balaban J connectivity index is 2.16. The van der Waals surface area contributed by atoms with E-state index in [1.165, 1.54) is 63.8 Å². The van der Waals surface area contributed by atoms with Crippen LogP contribution in [0.25, 0.3) is 6.08 Å². The molecule has 1 amide bonds. The summed E-state index contributed by atoms with van der Waals surface area (Å²) in [5.74, 6) is 0.308. The van der Waals surface area contributed by atoms with Crippen molar-refractivity contribution in [3.8, 4) is 23.0 Å². The first-order valence-corrected chi connectivity index (χ1v) is 8.29. The number of carbonyl (C=O) groups excluding carboxylic acids is 1. The number of amides is 1. The highest BCUT2D eigenvalue weighted by Gasteiger charge is 2.12. The standard InChI is InChI=1S/C19H18ClF2NO5/c1-25-15-10-13(16(26-2)9-12(15)20)23-18(24)7-5-11-4-6-14(28-19(21)22)17(8-11)27-3/h4-10,19H,1-3H3,(H,23,24)/b7-5+. The van der Waals surface area contributed by atoms with Crippen molar-refractivity contribution in [2.75, 3.05) is 26.6 Å². The molecule has 0 bridgehead atoms. The number of ether oxygens (including phenoxy) is 4. The summed E-state index contributed by atoms with van der Waals surface area (Å²) in [6.07, 6.45) is 2.76. The summed E-state index contributed by atoms with van der Waals surface area (Å²) in [5, 5.41) is 2.99. The number of rotatable bonds is 8. The summed E-state index contributed by atoms with van der Waals surface area (Å²) in [5.41, 5.74) is 0.922. The van der Waals surface area contributed by atoms with Gasteiger partial charge in [0.05, 0.1) is 32.0 Å². The second kappa shape index (κ2) is 9.80. The lowest BCUT2D eigenvalue weighted by Gasteiger charge is -2.12. The van der Waals surface area contributed by atoms with Crippen LogP contribution in [0.2, 0.25) is 5.02 Å². The molecule has 0 saturated carbocycles. The predicted molar refractivity (Wildman–Crippen MR) is 102 cm³/mol. The van der Waals surface area contributed by atoms with Crippen molar-refractivity contribution in [2.45, 2.75) is 6.61 Å². The Labute approximate surface area is 165 Å². The summed E-state index contributed by atoms with van der Waals surface area (Å²) in [4.78, 5) is 12.2. The van der Waals surface area contributed by atoms with Crippen molar-refractivity contribution in [3.63, 3.8) is 0 Å². The van der Waals surface area contributed by atoms with E-state index >= 15 is 0 Å². The van der Waals surface area contributed by atoms with Crippen LogP contribution in [0.1, 0.15) is 5.56 Å². The Bertz CT molecular complexity index is 874. The zero-order chi connectivity index (χ0) is 20.7. The third-order valence-electron chi connectivity index (χ3n) is 3.56. The molecule has 0 unspecified atom stereocenters. The number of benzene rings is 2. The van der Waals surface area contributed by atoms with Crippen molar-refractivity contribution < 1.29 is 32.5 Å². The molecule has 0 fully saturated rings. The van der Waals surface area contributed by atoms with Crippen molar-refractivity contribution in [1.29, 1.82) is 0 Å². The molecule has 0 spiro atoms. The maximum atomic E-state index is 12.4. The van der Waals surface area contributed by atoms with Gasteiger partial charge in [0, 0.05) is 18.2 Å². The van der Waals surface area contributed by atoms with Gasteiger partial charge in [-0.15, -0.1) is 0 Å². The van der Waals surface area contributed by atoms with E-state index in [9.17, 15) is 13.6 Å². The fourth-order valence-corrected chi connectivity index (χ4v) is 2.52. The van der Waals surface area contributed by atoms with Gasteiger partial charge in [0.2, 0.25) is 5.91 Å². The first kappa shape index (κ1) is 21.3. The van der Waals surface area contributed by atoms with Crippen LogP contribution in [-0.4, -0.2) is 33.8 Å². The summed E-state index contributed by atoms with van der Waals surface area (Å²) in [6, 6.07) is 7.36. The largest absolute Gasteiger partial charge is 0.495 e. The van der Waals surface area contributed by atoms with Gasteiger partial charge in [-0.1, -0.05) is 17.7 Å². The molecular formula is C19H18ClF2NO5. The summed E-state index contributed by atoms with van der Waals surface area (Å²) in [7, 11) is 4.22. The predicted octanol–water partition coefficient (Wildman–Crippen LogP) is 4.62. The summed E-state index contributed by atoms with van der Waals surface area (Å²) in [6.45, 7) is -2.97. The second-order valence-electron chi connectivity index (χ2n) is 5.30. The fraction of sp³-hybridized carbons (Fsp3) is 0.211. The molecule has 0 aromatic heterocycles. The van der Waals surface area contributed by atoms with E-state index in [0.29, 0.717) is 27.8 Å². The average molecular weight is 414 g/mol. The lowest BCUT2D eigenvalue weighted by atomic mass is 10.2. The number of anilines is 1. The number of hydrogen-bond donors (Lipinski definition) is 1. The van der Waals surface area contributed by atoms with Crippen LogP contribution in [0.4, 0.5) is 14.5 Å². The summed E-state index contributed by atoms with van der Waals surface area (Å²) >= 11 is 6.03. The Kier molecular flexibility index (Phi) is 7.45. The molecule has 2 aromatic carbocycles. The molecule has 1 N–H and O–H groups in total. The number of carbonyl (C=O) groups is 1. The highest BCUT2D eigenvalue weighted by molar-refractivity contribution is 6.32. The fourth-order valence-electron chi connectivity index (χ4n) is 2.29. The minimum absolute atomic E-state index is 0.0999. The van der Waals surface area contributed by atoms with E-state index in [0.717, 1.165) is 0 Å². The van der Waals surface area contributed by atoms with Crippen molar-refractivity contribution in [2.24, 2.45) is 0 Å². The number of methoxy groups -OCH3 is 3. The van der Waals surface area contributed by atoms with E-state index < -0.39 is 12.5 Å². The smallest absolute Gasteiger partial charge is 0.387 e. The maximum Gasteiger partial charge on any atom is 0.387 e. The first-order valence-electron chi connectivity index (χ1n) is 7.91. The maximum absolute atomic E-state index is 12.4. The minimum Gasteiger partial charge on any atom is -0.495 e. The molecule has 2 rings (SSSR count). The lowest BCUT2D eigenvalue weighted by molar-refractivity contribution is -0.111. The molecule has 2 aromatic rings. The lowest BCUT2D eigenvalue weighted by Crippen LogP contribution is -2.09. The Morgan fingerprint density at radius 2 is 1.68 bits per heavy atom. The minimum atomic E-state index is -2.97. The molecule has 0 heterocycles. The average Bonchev–Trinajstić information content (AvgIpc) is 2.67. The number of alkyl halides is 2. The van der Waals surface area contributed by atoms with Crippen molar-refractivity contribution in [3.05, 3.63) is 47.0 Å². The summed E-state index contributed by atoms with van der Waals surface area (Å²) < 4.78 is 44.4. The first-order chi connectivity index (χ1) is 13.4. The number of hydrogen-bond acceptors (Lipinski definition) is 5. The molecule has 9 heteroatoms. The zero-order valence-corrected chi connectivity index (χ0v) is 16.0. The van der Waals surface area contributed by atoms with Crippen LogP contribution in [0.3, 0.4) is 0 Å². The van der Waals surface area contributed by atoms with Gasteiger partial charge < -0.3 is 24.3 Å². The van der Waals surface area contributed by atoms with Gasteiger partial charge in [0.1, 0.15) is 11.5 Å². The van der Waals surface area contributed by atoms with Gasteiger partial charge in [-0.2, -0.15) is 8.78 Å². The van der Waals surface area contributed by atoms with E-state index in [4.69, 9.17) is 25.8 Å². The van der Waals surface area contributed by atoms with Gasteiger partial charge in [-0.25, -0.2) is 0 Å². The van der Waals surface area contributed by atoms with Crippen molar-refractivity contribution >= 4 is 29.3 Å². The Morgan fingerprint density at radius 1 is 1.00 bits per heavy atom. The van der Waals surface area contributed by atoms with E-state index in [2.05, 4.69) is 10.1 Å². The topological polar surface area (TPSA) is 66.0 Å². The monoisotopic (exact) mass is 413 g/mol. The van der Waals surface area contributed by atoms with Gasteiger partial charge in [-0.3, -0.25) is 4.79 Å². The Morgan fingerprint density at radius 3 is 2.29 bits per heavy atom. The molecule has 0 aliphatic carbocycles. The third-order valence-corrected chi connectivity index (χ3v) is 3.86. The molecular weight excluding hydrogens is 396 g/mol. The molecule has 0 aliphatic heterocycles. The van der Waals surface area contributed by atoms with Crippen molar-refractivity contribution in [1.82, 2.24) is 0 Å². The number of halogens is 3. The van der Waals surface area contributed by atoms with Crippen LogP contribution in [0, 0.1) is 0 Å². The van der Waals surface area contributed by atoms with Gasteiger partial charge in [0.25, 0.3) is 0 Å². The number of nitrogens with one attached hydrogen (secondary N) is 1. The van der Waals surface area contributed by atoms with E-state index in [1.54, 1.807) is 0 Å². The highest BCUT2D eigenvalue weighted by atomic mass is 35.5. The molecule has 0 aliphatic rings. The van der Waals surface area contributed by atoms with Crippen LogP contribution >= 0.6 is 11.6 Å². The Hall–Kier alpha value is -3.00. The normalized spacial score (nSPS) is 10.8. The molecule has 28 heavy (non-hydrogen) atoms. The van der Waals surface area contributed by atoms with Crippen LogP contribution in [0.15, 0.2) is 36.4 Å². The molecule has 150 valence electrons. The van der Waals surface area contributed by atoms with Gasteiger partial charge >= 0.3 is 6.61 Å². The third kappa shape index (κ3) is 5.50. The zero-order valence-electron chi connectivity index (χ0n) is 15.3. The quantitative estimate of drug-likeness (QED) is 0.640.